The summed E-state index contributed by atoms with van der Waals surface area (Å²) in [5.74, 6) is 1.56. The van der Waals surface area contributed by atoms with Crippen molar-refractivity contribution in [1.29, 1.82) is 0 Å². The molecule has 1 aromatic heterocycles. The number of anilines is 1. The highest BCUT2D eigenvalue weighted by atomic mass is 32.2. The van der Waals surface area contributed by atoms with E-state index in [-0.39, 0.29) is 23.4 Å². The van der Waals surface area contributed by atoms with Crippen molar-refractivity contribution in [3.8, 4) is 0 Å². The molecule has 6 nitrogen and oxygen atoms in total. The predicted molar refractivity (Wildman–Crippen MR) is 116 cm³/mol. The molecule has 0 bridgehead atoms. The molecule has 152 valence electrons. The lowest BCUT2D eigenvalue weighted by Gasteiger charge is -2.10. The fourth-order valence-corrected chi connectivity index (χ4v) is 4.61. The topological polar surface area (TPSA) is 76.9 Å². The summed E-state index contributed by atoms with van der Waals surface area (Å²) in [7, 11) is 0. The predicted octanol–water partition coefficient (Wildman–Crippen LogP) is 4.23. The average molecular weight is 419 g/mol. The maximum absolute atomic E-state index is 12.8. The van der Waals surface area contributed by atoms with E-state index in [4.69, 9.17) is 0 Å². The van der Waals surface area contributed by atoms with Crippen molar-refractivity contribution in [3.05, 3.63) is 71.0 Å². The van der Waals surface area contributed by atoms with Gasteiger partial charge in [-0.2, -0.15) is 0 Å². The van der Waals surface area contributed by atoms with Crippen LogP contribution in [0.5, 0.6) is 0 Å². The third kappa shape index (κ3) is 3.65. The Kier molecular flexibility index (Phi) is 4.90. The van der Waals surface area contributed by atoms with Crippen molar-refractivity contribution in [1.82, 2.24) is 14.8 Å². The van der Waals surface area contributed by atoms with Crippen LogP contribution in [-0.4, -0.2) is 32.2 Å². The summed E-state index contributed by atoms with van der Waals surface area (Å²) in [6.07, 6.45) is 2.30. The Balaban J connectivity index is 1.33. The summed E-state index contributed by atoms with van der Waals surface area (Å²) in [6.45, 7) is 2.57. The molecule has 1 aliphatic carbocycles. The fraction of sp³-hybridized carbons (Fsp3) is 0.304. The number of benzene rings is 2. The van der Waals surface area contributed by atoms with Gasteiger partial charge in [0.05, 0.1) is 18.2 Å². The van der Waals surface area contributed by atoms with Crippen LogP contribution in [0.15, 0.2) is 53.7 Å². The number of aromatic nitrogens is 3. The third-order valence-corrected chi connectivity index (χ3v) is 6.66. The smallest absolute Gasteiger partial charge is 0.231 e. The molecule has 1 unspecified atom stereocenters. The first-order chi connectivity index (χ1) is 14.6. The molecule has 1 amide bonds. The van der Waals surface area contributed by atoms with Crippen molar-refractivity contribution in [2.45, 2.75) is 43.3 Å². The number of fused-ring (bicyclic) bond motifs is 1. The Morgan fingerprint density at radius 2 is 1.97 bits per heavy atom. The van der Waals surface area contributed by atoms with Crippen LogP contribution in [0.1, 0.15) is 58.9 Å². The first-order valence-electron chi connectivity index (χ1n) is 10.2. The minimum Gasteiger partial charge on any atom is -0.325 e. The van der Waals surface area contributed by atoms with Gasteiger partial charge in [-0.25, -0.2) is 0 Å². The standard InChI is InChI=1S/C23H22N4O2S/c1-14-18-11-17(9-10-19(18)24-22(14)29)20(28)13-30-23-26-25-21(16-7-8-16)27(23)12-15-5-3-2-4-6-15/h2-6,9-11,14,16H,7-8,12-13H2,1H3,(H,24,29). The summed E-state index contributed by atoms with van der Waals surface area (Å²) < 4.78 is 2.15. The zero-order chi connectivity index (χ0) is 20.7. The van der Waals surface area contributed by atoms with E-state index in [0.29, 0.717) is 18.0 Å². The molecular weight excluding hydrogens is 396 g/mol. The molecule has 30 heavy (non-hydrogen) atoms. The van der Waals surface area contributed by atoms with Crippen molar-refractivity contribution in [2.24, 2.45) is 0 Å². The third-order valence-electron chi connectivity index (χ3n) is 5.70. The molecule has 1 saturated carbocycles. The zero-order valence-electron chi connectivity index (χ0n) is 16.7. The first-order valence-corrected chi connectivity index (χ1v) is 11.2. The zero-order valence-corrected chi connectivity index (χ0v) is 17.5. The van der Waals surface area contributed by atoms with Gasteiger partial charge in [-0.05, 0) is 49.1 Å². The number of nitrogens with zero attached hydrogens (tertiary/aromatic N) is 3. The lowest BCUT2D eigenvalue weighted by Crippen LogP contribution is -2.09. The van der Waals surface area contributed by atoms with Crippen molar-refractivity contribution in [2.75, 3.05) is 11.1 Å². The highest BCUT2D eigenvalue weighted by Gasteiger charge is 2.31. The number of carbonyl (C=O) groups is 2. The minimum atomic E-state index is -0.226. The van der Waals surface area contributed by atoms with Gasteiger partial charge in [0, 0.05) is 17.2 Å². The fourth-order valence-electron chi connectivity index (χ4n) is 3.77. The lowest BCUT2D eigenvalue weighted by atomic mass is 9.99. The average Bonchev–Trinajstić information content (AvgIpc) is 3.47. The van der Waals surface area contributed by atoms with Crippen molar-refractivity contribution >= 4 is 29.1 Å². The normalized spacial score (nSPS) is 17.6. The van der Waals surface area contributed by atoms with E-state index in [0.717, 1.165) is 35.1 Å². The van der Waals surface area contributed by atoms with E-state index in [9.17, 15) is 9.59 Å². The van der Waals surface area contributed by atoms with Gasteiger partial charge in [0.15, 0.2) is 10.9 Å². The maximum Gasteiger partial charge on any atom is 0.231 e. The Labute approximate surface area is 179 Å². The quantitative estimate of drug-likeness (QED) is 0.459. The highest BCUT2D eigenvalue weighted by molar-refractivity contribution is 7.99. The molecule has 2 aliphatic rings. The van der Waals surface area contributed by atoms with Crippen LogP contribution in [0.3, 0.4) is 0 Å². The second-order valence-corrected chi connectivity index (χ2v) is 8.85. The SMILES string of the molecule is CC1C(=O)Nc2ccc(C(=O)CSc3nnc(C4CC4)n3Cc3ccccc3)cc21. The molecule has 0 spiro atoms. The summed E-state index contributed by atoms with van der Waals surface area (Å²) >= 11 is 1.43. The molecule has 1 aliphatic heterocycles. The van der Waals surface area contributed by atoms with Crippen molar-refractivity contribution < 1.29 is 9.59 Å². The van der Waals surface area contributed by atoms with E-state index >= 15 is 0 Å². The second kappa shape index (κ2) is 7.72. The van der Waals surface area contributed by atoms with Crippen molar-refractivity contribution in [3.63, 3.8) is 0 Å². The number of rotatable bonds is 7. The summed E-state index contributed by atoms with van der Waals surface area (Å²) in [5, 5.41) is 12.4. The van der Waals surface area contributed by atoms with Gasteiger partial charge in [0.2, 0.25) is 5.91 Å². The van der Waals surface area contributed by atoms with E-state index in [1.54, 1.807) is 6.07 Å². The van der Waals surface area contributed by atoms with Crippen LogP contribution in [-0.2, 0) is 11.3 Å². The lowest BCUT2D eigenvalue weighted by molar-refractivity contribution is -0.116. The number of amides is 1. The molecule has 1 fully saturated rings. The molecule has 2 aromatic carbocycles. The molecule has 2 heterocycles. The van der Waals surface area contributed by atoms with Crippen LogP contribution in [0.2, 0.25) is 0 Å². The molecule has 1 N–H and O–H groups in total. The molecule has 0 radical (unpaired) electrons. The molecule has 3 aromatic rings. The maximum atomic E-state index is 12.8. The van der Waals surface area contributed by atoms with Gasteiger partial charge in [-0.15, -0.1) is 10.2 Å². The number of nitrogens with one attached hydrogen (secondary N) is 1. The first kappa shape index (κ1) is 19.1. The number of carbonyl (C=O) groups excluding carboxylic acids is 2. The van der Waals surface area contributed by atoms with Crippen LogP contribution in [0.25, 0.3) is 0 Å². The van der Waals surface area contributed by atoms with Crippen LogP contribution in [0, 0.1) is 0 Å². The van der Waals surface area contributed by atoms with E-state index in [1.165, 1.54) is 17.3 Å². The molecule has 5 rings (SSSR count). The number of ketones is 1. The van der Waals surface area contributed by atoms with Crippen LogP contribution in [0.4, 0.5) is 5.69 Å². The van der Waals surface area contributed by atoms with E-state index < -0.39 is 0 Å². The summed E-state index contributed by atoms with van der Waals surface area (Å²) in [5.41, 5.74) is 3.51. The molecular formula is C23H22N4O2S. The van der Waals surface area contributed by atoms with Gasteiger partial charge >= 0.3 is 0 Å². The molecule has 0 saturated heterocycles. The number of hydrogen-bond donors (Lipinski definition) is 1. The number of thioether (sulfide) groups is 1. The van der Waals surface area contributed by atoms with Gasteiger partial charge < -0.3 is 9.88 Å². The Hall–Kier alpha value is -2.93. The van der Waals surface area contributed by atoms with E-state index in [2.05, 4.69) is 32.2 Å². The van der Waals surface area contributed by atoms with Gasteiger partial charge in [0.1, 0.15) is 5.82 Å². The van der Waals surface area contributed by atoms with Gasteiger partial charge in [-0.3, -0.25) is 9.59 Å². The Bertz CT molecular complexity index is 1120. The Morgan fingerprint density at radius 3 is 2.73 bits per heavy atom. The van der Waals surface area contributed by atoms with Crippen LogP contribution < -0.4 is 5.32 Å². The highest BCUT2D eigenvalue weighted by Crippen LogP contribution is 2.40. The van der Waals surface area contributed by atoms with Crippen LogP contribution >= 0.6 is 11.8 Å². The monoisotopic (exact) mass is 418 g/mol. The summed E-state index contributed by atoms with van der Waals surface area (Å²) in [6, 6.07) is 15.7. The van der Waals surface area contributed by atoms with E-state index in [1.807, 2.05) is 37.3 Å². The largest absolute Gasteiger partial charge is 0.325 e. The number of hydrogen-bond acceptors (Lipinski definition) is 5. The van der Waals surface area contributed by atoms with Gasteiger partial charge in [0.25, 0.3) is 0 Å². The summed E-state index contributed by atoms with van der Waals surface area (Å²) in [4.78, 5) is 24.7. The minimum absolute atomic E-state index is 0.0226. The Morgan fingerprint density at radius 1 is 1.17 bits per heavy atom. The number of Topliss-reactive ketones (excluding diaryl/α,β-unsaturated/α-hetero) is 1. The molecule has 7 heteroatoms. The molecule has 1 atom stereocenters. The van der Waals surface area contributed by atoms with Gasteiger partial charge in [-0.1, -0.05) is 42.1 Å². The second-order valence-electron chi connectivity index (χ2n) is 7.91.